The van der Waals surface area contributed by atoms with Gasteiger partial charge in [0.25, 0.3) is 0 Å². The summed E-state index contributed by atoms with van der Waals surface area (Å²) in [5.74, 6) is 1.92. The van der Waals surface area contributed by atoms with Gasteiger partial charge in [0.05, 0.1) is 5.56 Å². The Bertz CT molecular complexity index is 528. The normalized spacial score (nSPS) is 26.4. The van der Waals surface area contributed by atoms with Crippen molar-refractivity contribution in [2.24, 2.45) is 5.92 Å². The van der Waals surface area contributed by atoms with Crippen LogP contribution in [0.2, 0.25) is 0 Å². The van der Waals surface area contributed by atoms with E-state index in [1.54, 1.807) is 0 Å². The number of allylic oxidation sites excluding steroid dienone is 1. The molecule has 1 heterocycles. The van der Waals surface area contributed by atoms with Crippen molar-refractivity contribution in [3.8, 4) is 11.5 Å². The molecule has 1 N–H and O–H groups in total. The SMILES string of the molecule is Cc1cc(O)c2c(c1)OC(C)C1=C2CC(C)CC1. The van der Waals surface area contributed by atoms with Crippen LogP contribution in [0.4, 0.5) is 0 Å². The molecular weight excluding hydrogens is 224 g/mol. The van der Waals surface area contributed by atoms with Crippen molar-refractivity contribution < 1.29 is 9.84 Å². The van der Waals surface area contributed by atoms with Crippen LogP contribution in [-0.2, 0) is 0 Å². The molecule has 18 heavy (non-hydrogen) atoms. The van der Waals surface area contributed by atoms with Crippen LogP contribution in [0.25, 0.3) is 5.57 Å². The first-order valence-electron chi connectivity index (χ1n) is 6.79. The van der Waals surface area contributed by atoms with Gasteiger partial charge in [-0.05, 0) is 67.9 Å². The second-order valence-electron chi connectivity index (χ2n) is 5.77. The van der Waals surface area contributed by atoms with Gasteiger partial charge in [0, 0.05) is 0 Å². The molecule has 2 unspecified atom stereocenters. The Morgan fingerprint density at radius 3 is 2.83 bits per heavy atom. The topological polar surface area (TPSA) is 29.5 Å². The summed E-state index contributed by atoms with van der Waals surface area (Å²) in [7, 11) is 0. The molecule has 0 spiro atoms. The van der Waals surface area contributed by atoms with Gasteiger partial charge in [-0.1, -0.05) is 6.92 Å². The molecule has 1 aliphatic carbocycles. The van der Waals surface area contributed by atoms with Gasteiger partial charge in [0.15, 0.2) is 0 Å². The molecule has 0 saturated carbocycles. The Labute approximate surface area is 108 Å². The lowest BCUT2D eigenvalue weighted by molar-refractivity contribution is 0.238. The van der Waals surface area contributed by atoms with Crippen molar-refractivity contribution in [3.05, 3.63) is 28.8 Å². The van der Waals surface area contributed by atoms with Crippen molar-refractivity contribution in [3.63, 3.8) is 0 Å². The highest BCUT2D eigenvalue weighted by molar-refractivity contribution is 5.80. The lowest BCUT2D eigenvalue weighted by Gasteiger charge is -2.34. The van der Waals surface area contributed by atoms with Gasteiger partial charge >= 0.3 is 0 Å². The lowest BCUT2D eigenvalue weighted by Crippen LogP contribution is -2.25. The Hall–Kier alpha value is -1.44. The van der Waals surface area contributed by atoms with E-state index in [9.17, 15) is 5.11 Å². The first kappa shape index (κ1) is 11.6. The Balaban J connectivity index is 2.19. The third-order valence-electron chi connectivity index (χ3n) is 4.17. The van der Waals surface area contributed by atoms with E-state index in [1.165, 1.54) is 17.6 Å². The van der Waals surface area contributed by atoms with Crippen LogP contribution in [0.1, 0.15) is 44.2 Å². The molecule has 1 aromatic carbocycles. The molecule has 0 aromatic heterocycles. The summed E-state index contributed by atoms with van der Waals surface area (Å²) in [6.07, 6.45) is 3.55. The van der Waals surface area contributed by atoms with Crippen LogP contribution >= 0.6 is 0 Å². The van der Waals surface area contributed by atoms with Crippen molar-refractivity contribution in [1.82, 2.24) is 0 Å². The van der Waals surface area contributed by atoms with Crippen molar-refractivity contribution >= 4 is 5.57 Å². The zero-order valence-electron chi connectivity index (χ0n) is 11.3. The predicted octanol–water partition coefficient (Wildman–Crippen LogP) is 4.06. The van der Waals surface area contributed by atoms with E-state index in [1.807, 2.05) is 19.1 Å². The summed E-state index contributed by atoms with van der Waals surface area (Å²) in [5.41, 5.74) is 4.71. The quantitative estimate of drug-likeness (QED) is 0.746. The van der Waals surface area contributed by atoms with E-state index in [-0.39, 0.29) is 6.10 Å². The number of aromatic hydroxyl groups is 1. The third kappa shape index (κ3) is 1.71. The van der Waals surface area contributed by atoms with Crippen LogP contribution in [-0.4, -0.2) is 11.2 Å². The fraction of sp³-hybridized carbons (Fsp3) is 0.500. The highest BCUT2D eigenvalue weighted by Crippen LogP contribution is 2.48. The standard InChI is InChI=1S/C16H20O2/c1-9-4-5-12-11(3)18-15-8-10(2)7-14(17)16(15)13(12)6-9/h7-9,11,17H,4-6H2,1-3H3. The van der Waals surface area contributed by atoms with Gasteiger partial charge in [0.1, 0.15) is 17.6 Å². The van der Waals surface area contributed by atoms with Gasteiger partial charge < -0.3 is 9.84 Å². The monoisotopic (exact) mass is 244 g/mol. The molecular formula is C16H20O2. The molecule has 0 saturated heterocycles. The molecule has 0 fully saturated rings. The van der Waals surface area contributed by atoms with Crippen LogP contribution in [0.3, 0.4) is 0 Å². The molecule has 2 heteroatoms. The van der Waals surface area contributed by atoms with Crippen LogP contribution in [0.15, 0.2) is 17.7 Å². The van der Waals surface area contributed by atoms with E-state index in [4.69, 9.17) is 4.74 Å². The van der Waals surface area contributed by atoms with E-state index in [2.05, 4.69) is 13.8 Å². The Kier molecular flexibility index (Phi) is 2.61. The van der Waals surface area contributed by atoms with Crippen LogP contribution < -0.4 is 4.74 Å². The number of ether oxygens (including phenoxy) is 1. The molecule has 0 bridgehead atoms. The minimum atomic E-state index is 0.154. The largest absolute Gasteiger partial charge is 0.507 e. The minimum absolute atomic E-state index is 0.154. The summed E-state index contributed by atoms with van der Waals surface area (Å²) in [6.45, 7) is 6.39. The minimum Gasteiger partial charge on any atom is -0.507 e. The maximum atomic E-state index is 10.2. The zero-order chi connectivity index (χ0) is 12.9. The maximum absolute atomic E-state index is 10.2. The number of hydrogen-bond donors (Lipinski definition) is 1. The molecule has 1 aromatic rings. The molecule has 2 aliphatic rings. The van der Waals surface area contributed by atoms with Crippen molar-refractivity contribution in [2.75, 3.05) is 0 Å². The number of benzene rings is 1. The highest BCUT2D eigenvalue weighted by atomic mass is 16.5. The van der Waals surface area contributed by atoms with Gasteiger partial charge in [-0.3, -0.25) is 0 Å². The Morgan fingerprint density at radius 2 is 2.06 bits per heavy atom. The van der Waals surface area contributed by atoms with E-state index >= 15 is 0 Å². The Morgan fingerprint density at radius 1 is 1.28 bits per heavy atom. The fourth-order valence-electron chi connectivity index (χ4n) is 3.24. The van der Waals surface area contributed by atoms with Crippen LogP contribution in [0.5, 0.6) is 11.5 Å². The molecule has 2 atom stereocenters. The number of rotatable bonds is 0. The van der Waals surface area contributed by atoms with Gasteiger partial charge in [-0.25, -0.2) is 0 Å². The molecule has 3 rings (SSSR count). The second kappa shape index (κ2) is 4.04. The van der Waals surface area contributed by atoms with Gasteiger partial charge in [-0.15, -0.1) is 0 Å². The summed E-state index contributed by atoms with van der Waals surface area (Å²) in [4.78, 5) is 0. The first-order valence-corrected chi connectivity index (χ1v) is 6.79. The summed E-state index contributed by atoms with van der Waals surface area (Å²) in [6, 6.07) is 3.87. The fourth-order valence-corrected chi connectivity index (χ4v) is 3.24. The first-order chi connectivity index (χ1) is 8.56. The van der Waals surface area contributed by atoms with Crippen molar-refractivity contribution in [1.29, 1.82) is 0 Å². The zero-order valence-corrected chi connectivity index (χ0v) is 11.3. The van der Waals surface area contributed by atoms with E-state index in [0.29, 0.717) is 11.7 Å². The highest BCUT2D eigenvalue weighted by Gasteiger charge is 2.31. The summed E-state index contributed by atoms with van der Waals surface area (Å²) in [5, 5.41) is 10.2. The van der Waals surface area contributed by atoms with E-state index < -0.39 is 0 Å². The summed E-state index contributed by atoms with van der Waals surface area (Å²) < 4.78 is 5.98. The lowest BCUT2D eigenvalue weighted by atomic mass is 9.78. The van der Waals surface area contributed by atoms with Crippen LogP contribution in [0, 0.1) is 12.8 Å². The molecule has 0 radical (unpaired) electrons. The number of hydrogen-bond acceptors (Lipinski definition) is 2. The number of fused-ring (bicyclic) bond motifs is 2. The third-order valence-corrected chi connectivity index (χ3v) is 4.17. The molecule has 2 nitrogen and oxygen atoms in total. The number of phenols is 1. The van der Waals surface area contributed by atoms with Gasteiger partial charge in [-0.2, -0.15) is 0 Å². The maximum Gasteiger partial charge on any atom is 0.131 e. The van der Waals surface area contributed by atoms with E-state index in [0.717, 1.165) is 29.7 Å². The second-order valence-corrected chi connectivity index (χ2v) is 5.77. The average Bonchev–Trinajstić information content (AvgIpc) is 2.27. The van der Waals surface area contributed by atoms with Crippen molar-refractivity contribution in [2.45, 2.75) is 46.1 Å². The number of aryl methyl sites for hydroxylation is 1. The summed E-state index contributed by atoms with van der Waals surface area (Å²) >= 11 is 0. The molecule has 1 aliphatic heterocycles. The van der Waals surface area contributed by atoms with Gasteiger partial charge in [0.2, 0.25) is 0 Å². The average molecular weight is 244 g/mol. The number of phenolic OH excluding ortho intramolecular Hbond substituents is 1. The molecule has 0 amide bonds. The smallest absolute Gasteiger partial charge is 0.131 e. The predicted molar refractivity (Wildman–Crippen MR) is 72.9 cm³/mol. The molecule has 96 valence electrons.